The number of oxazole rings is 1. The maximum Gasteiger partial charge on any atom is 0.242 e. The number of anilines is 2. The average molecular weight is 645 g/mol. The van der Waals surface area contributed by atoms with Crippen molar-refractivity contribution < 1.29 is 14.0 Å². The van der Waals surface area contributed by atoms with Gasteiger partial charge in [0.2, 0.25) is 5.88 Å². The molecule has 1 aliphatic heterocycles. The number of aromatic amines is 2. The maximum atomic E-state index is 13.7. The van der Waals surface area contributed by atoms with Gasteiger partial charge in [0, 0.05) is 53.4 Å². The molecule has 1 aromatic carbocycles. The standard InChI is InChI=1S/C29H19Br2N5O3/c1-12-18-7-16(30)9-20(26(18)37)22-5-14-3-4-15-6-23(36-25(15)24(14)35-22)21-10-17(31)8-19(27(21)38)13(2)34-29-28(33-12)32-11-39-29/h3-11,33-36H,1-2H3. The van der Waals surface area contributed by atoms with E-state index < -0.39 is 0 Å². The molecule has 8 bridgehead atoms. The number of halogens is 2. The molecule has 0 unspecified atom stereocenters. The van der Waals surface area contributed by atoms with Crippen LogP contribution in [-0.2, 0) is 9.59 Å². The Hall–Kier alpha value is -4.15. The molecule has 0 amide bonds. The summed E-state index contributed by atoms with van der Waals surface area (Å²) in [5, 5.41) is 8.28. The average Bonchev–Trinajstić information content (AvgIpc) is 3.63. The van der Waals surface area contributed by atoms with Crippen LogP contribution < -0.4 is 10.6 Å². The van der Waals surface area contributed by atoms with Crippen molar-refractivity contribution in [3.05, 3.63) is 97.9 Å². The van der Waals surface area contributed by atoms with E-state index in [2.05, 4.69) is 57.4 Å². The van der Waals surface area contributed by atoms with Crippen LogP contribution in [0.1, 0.15) is 25.2 Å². The summed E-state index contributed by atoms with van der Waals surface area (Å²) in [5.74, 6) is 0.446. The van der Waals surface area contributed by atoms with E-state index in [0.29, 0.717) is 56.8 Å². The number of aromatic nitrogens is 3. The van der Waals surface area contributed by atoms with Gasteiger partial charge in [-0.15, -0.1) is 0 Å². The second-order valence-corrected chi connectivity index (χ2v) is 11.4. The summed E-state index contributed by atoms with van der Waals surface area (Å²) >= 11 is 7.16. The molecule has 0 atom stereocenters. The van der Waals surface area contributed by atoms with Gasteiger partial charge in [0.1, 0.15) is 0 Å². The number of benzene rings is 1. The summed E-state index contributed by atoms with van der Waals surface area (Å²) in [6, 6.07) is 7.95. The Labute approximate surface area is 238 Å². The lowest BCUT2D eigenvalue weighted by Gasteiger charge is -2.17. The minimum Gasteiger partial charge on any atom is -0.425 e. The Morgan fingerprint density at radius 1 is 0.744 bits per heavy atom. The van der Waals surface area contributed by atoms with Crippen molar-refractivity contribution in [3.63, 3.8) is 0 Å². The molecule has 7 rings (SSSR count). The number of nitrogens with one attached hydrogen (secondary N) is 4. The number of Topliss-reactive ketones (excluding diaryl/α,β-unsaturated/α-hetero) is 2. The Bertz CT molecular complexity index is 1850. The second kappa shape index (κ2) is 8.69. The highest BCUT2D eigenvalue weighted by Crippen LogP contribution is 2.37. The second-order valence-electron chi connectivity index (χ2n) is 9.55. The lowest BCUT2D eigenvalue weighted by molar-refractivity contribution is -0.111. The highest BCUT2D eigenvalue weighted by Gasteiger charge is 2.27. The van der Waals surface area contributed by atoms with Crippen LogP contribution in [0.2, 0.25) is 0 Å². The fourth-order valence-corrected chi connectivity index (χ4v) is 6.05. The first kappa shape index (κ1) is 23.9. The lowest BCUT2D eigenvalue weighted by atomic mass is 9.94. The topological polar surface area (TPSA) is 116 Å². The molecular formula is C29H19Br2N5O3. The minimum atomic E-state index is -0.133. The van der Waals surface area contributed by atoms with Crippen molar-refractivity contribution in [2.75, 3.05) is 10.6 Å². The first-order valence-corrected chi connectivity index (χ1v) is 13.7. The molecule has 4 heterocycles. The van der Waals surface area contributed by atoms with E-state index in [4.69, 9.17) is 4.42 Å². The SMILES string of the molecule is CC1=C2C=C(Br)C=C(C2=O)c2cc3ccc4cc([nH]c4c3[nH]2)C2=CC(Br)=CC(=C(C)Nc3ocnc3N1)C2=O. The van der Waals surface area contributed by atoms with Gasteiger partial charge in [-0.25, -0.2) is 0 Å². The molecule has 8 nitrogen and oxygen atoms in total. The van der Waals surface area contributed by atoms with Gasteiger partial charge in [-0.05, 0) is 50.3 Å². The molecule has 0 radical (unpaired) electrons. The number of carbonyl (C=O) groups excluding carboxylic acids is 2. The smallest absolute Gasteiger partial charge is 0.242 e. The summed E-state index contributed by atoms with van der Waals surface area (Å²) in [6.45, 7) is 3.62. The fraction of sp³-hybridized carbons (Fsp3) is 0.0690. The Balaban J connectivity index is 1.51. The quantitative estimate of drug-likeness (QED) is 0.161. The van der Waals surface area contributed by atoms with Gasteiger partial charge in [0.25, 0.3) is 0 Å². The van der Waals surface area contributed by atoms with Gasteiger partial charge in [0.05, 0.1) is 22.4 Å². The Morgan fingerprint density at radius 2 is 1.26 bits per heavy atom. The molecule has 0 spiro atoms. The summed E-state index contributed by atoms with van der Waals surface area (Å²) in [5.41, 5.74) is 6.29. The number of ketones is 2. The van der Waals surface area contributed by atoms with Crippen LogP contribution in [-0.4, -0.2) is 26.5 Å². The van der Waals surface area contributed by atoms with Gasteiger partial charge in [-0.2, -0.15) is 4.98 Å². The van der Waals surface area contributed by atoms with Crippen molar-refractivity contribution >= 4 is 88.1 Å². The third-order valence-corrected chi connectivity index (χ3v) is 7.97. The maximum absolute atomic E-state index is 13.7. The molecule has 4 aromatic rings. The van der Waals surface area contributed by atoms with Crippen LogP contribution in [0.15, 0.2) is 90.9 Å². The highest BCUT2D eigenvalue weighted by molar-refractivity contribution is 9.12. The van der Waals surface area contributed by atoms with E-state index in [1.54, 1.807) is 19.1 Å². The molecule has 0 saturated carbocycles. The molecule has 4 N–H and O–H groups in total. The number of hydrogen-bond donors (Lipinski definition) is 4. The molecule has 10 heteroatoms. The lowest BCUT2D eigenvalue weighted by Crippen LogP contribution is -2.15. The first-order valence-electron chi connectivity index (χ1n) is 12.1. The number of nitrogens with zero attached hydrogens (tertiary/aromatic N) is 1. The van der Waals surface area contributed by atoms with E-state index in [-0.39, 0.29) is 11.6 Å². The van der Waals surface area contributed by atoms with Crippen LogP contribution in [0.25, 0.3) is 33.0 Å². The van der Waals surface area contributed by atoms with E-state index in [1.165, 1.54) is 6.39 Å². The molecule has 2 aliphatic carbocycles. The summed E-state index contributed by atoms with van der Waals surface area (Å²) in [6.07, 6.45) is 8.48. The predicted molar refractivity (Wildman–Crippen MR) is 159 cm³/mol. The van der Waals surface area contributed by atoms with Gasteiger partial charge in [-0.3, -0.25) is 9.59 Å². The van der Waals surface area contributed by atoms with Gasteiger partial charge in [0.15, 0.2) is 23.8 Å². The number of hydrogen-bond acceptors (Lipinski definition) is 6. The minimum absolute atomic E-state index is 0.129. The van der Waals surface area contributed by atoms with Crippen molar-refractivity contribution in [2.45, 2.75) is 13.8 Å². The van der Waals surface area contributed by atoms with E-state index in [0.717, 1.165) is 30.8 Å². The molecular weight excluding hydrogens is 626 g/mol. The van der Waals surface area contributed by atoms with Gasteiger partial charge >= 0.3 is 0 Å². The van der Waals surface area contributed by atoms with Crippen LogP contribution in [0, 0.1) is 0 Å². The number of fused-ring (bicyclic) bond motifs is 9. The molecule has 3 aliphatic rings. The van der Waals surface area contributed by atoms with Crippen molar-refractivity contribution in [2.24, 2.45) is 0 Å². The van der Waals surface area contributed by atoms with Gasteiger partial charge < -0.3 is 25.0 Å². The summed E-state index contributed by atoms with van der Waals surface area (Å²) in [4.78, 5) is 38.6. The van der Waals surface area contributed by atoms with E-state index >= 15 is 0 Å². The third-order valence-electron chi connectivity index (χ3n) is 7.06. The van der Waals surface area contributed by atoms with Crippen molar-refractivity contribution in [3.8, 4) is 0 Å². The first-order chi connectivity index (χ1) is 18.8. The zero-order valence-electron chi connectivity index (χ0n) is 20.6. The normalized spacial score (nSPS) is 17.6. The highest BCUT2D eigenvalue weighted by atomic mass is 79.9. The van der Waals surface area contributed by atoms with E-state index in [9.17, 15) is 9.59 Å². The molecule has 0 fully saturated rings. The summed E-state index contributed by atoms with van der Waals surface area (Å²) < 4.78 is 7.14. The molecule has 192 valence electrons. The third kappa shape index (κ3) is 3.82. The van der Waals surface area contributed by atoms with Crippen LogP contribution in [0.4, 0.5) is 11.7 Å². The van der Waals surface area contributed by atoms with Crippen LogP contribution >= 0.6 is 31.9 Å². The largest absolute Gasteiger partial charge is 0.425 e. The van der Waals surface area contributed by atoms with Crippen molar-refractivity contribution in [1.29, 1.82) is 0 Å². The summed E-state index contributed by atoms with van der Waals surface area (Å²) in [7, 11) is 0. The van der Waals surface area contributed by atoms with Crippen molar-refractivity contribution in [1.82, 2.24) is 15.0 Å². The Kier molecular flexibility index (Phi) is 5.33. The predicted octanol–water partition coefficient (Wildman–Crippen LogP) is 7.21. The molecule has 39 heavy (non-hydrogen) atoms. The molecule has 0 saturated heterocycles. The number of allylic oxidation sites excluding steroid dienone is 12. The number of carbonyl (C=O) groups is 2. The molecule has 3 aromatic heterocycles. The zero-order chi connectivity index (χ0) is 27.0. The van der Waals surface area contributed by atoms with Gasteiger partial charge in [-0.1, -0.05) is 44.0 Å². The Morgan fingerprint density at radius 3 is 1.79 bits per heavy atom. The fourth-order valence-electron chi connectivity index (χ4n) is 5.14. The van der Waals surface area contributed by atoms with Crippen LogP contribution in [0.5, 0.6) is 0 Å². The number of H-pyrrole nitrogens is 2. The number of rotatable bonds is 0. The van der Waals surface area contributed by atoms with E-state index in [1.807, 2.05) is 43.3 Å². The monoisotopic (exact) mass is 643 g/mol. The zero-order valence-corrected chi connectivity index (χ0v) is 23.8. The van der Waals surface area contributed by atoms with Crippen LogP contribution in [0.3, 0.4) is 0 Å².